The minimum absolute atomic E-state index is 0.245. The van der Waals surface area contributed by atoms with Crippen LogP contribution in [-0.4, -0.2) is 33.3 Å². The lowest BCUT2D eigenvalue weighted by molar-refractivity contribution is 0.0943. The number of rotatable bonds is 6. The molecule has 1 saturated carbocycles. The predicted octanol–water partition coefficient (Wildman–Crippen LogP) is 7.81. The number of hydrogen-bond donors (Lipinski definition) is 2. The third kappa shape index (κ3) is 6.92. The summed E-state index contributed by atoms with van der Waals surface area (Å²) in [5.74, 6) is 0.356. The van der Waals surface area contributed by atoms with Gasteiger partial charge in [0, 0.05) is 30.1 Å². The molecule has 8 rings (SSSR count). The van der Waals surface area contributed by atoms with Gasteiger partial charge in [-0.05, 0) is 76.7 Å². The first-order chi connectivity index (χ1) is 24.0. The van der Waals surface area contributed by atoms with Gasteiger partial charge in [-0.2, -0.15) is 0 Å². The maximum atomic E-state index is 12.9. The molecule has 7 aromatic rings. The Bertz CT molecular complexity index is 2350. The van der Waals surface area contributed by atoms with Gasteiger partial charge in [0.15, 0.2) is 11.2 Å². The second-order valence-corrected chi connectivity index (χ2v) is 11.9. The smallest absolute Gasteiger partial charge is 0.365 e. The second-order valence-electron chi connectivity index (χ2n) is 11.9. The van der Waals surface area contributed by atoms with Gasteiger partial charge in [0.2, 0.25) is 5.89 Å². The van der Waals surface area contributed by atoms with Crippen LogP contribution in [0.5, 0.6) is 0 Å². The van der Waals surface area contributed by atoms with Crippen LogP contribution in [0.1, 0.15) is 46.5 Å². The van der Waals surface area contributed by atoms with Crippen molar-refractivity contribution in [3.63, 3.8) is 0 Å². The van der Waals surface area contributed by atoms with Gasteiger partial charge in [-0.25, -0.2) is 19.7 Å². The lowest BCUT2D eigenvalue weighted by atomic mass is 10.0. The van der Waals surface area contributed by atoms with E-state index >= 15 is 0 Å². The van der Waals surface area contributed by atoms with Crippen LogP contribution < -0.4 is 16.3 Å². The van der Waals surface area contributed by atoms with Crippen LogP contribution in [0.4, 0.5) is 5.69 Å². The summed E-state index contributed by atoms with van der Waals surface area (Å²) >= 11 is 0. The Labute approximate surface area is 282 Å². The fraction of sp³-hybridized carbons (Fsp3) is 0.150. The summed E-state index contributed by atoms with van der Waals surface area (Å²) in [5, 5.41) is 9.78. The van der Waals surface area contributed by atoms with Gasteiger partial charge in [-0.15, -0.1) is 0 Å². The quantitative estimate of drug-likeness (QED) is 0.188. The van der Waals surface area contributed by atoms with Crippen molar-refractivity contribution in [1.82, 2.24) is 20.3 Å². The summed E-state index contributed by atoms with van der Waals surface area (Å²) < 4.78 is 5.36. The predicted molar refractivity (Wildman–Crippen MR) is 191 cm³/mol. The summed E-state index contributed by atoms with van der Waals surface area (Å²) in [7, 11) is 0. The number of carbonyl (C=O) groups is 2. The van der Waals surface area contributed by atoms with Crippen molar-refractivity contribution in [3.8, 4) is 11.5 Å². The number of fused-ring (bicyclic) bond motifs is 3. The number of hydrogen-bond acceptors (Lipinski definition) is 7. The van der Waals surface area contributed by atoms with Crippen LogP contribution in [0, 0.1) is 5.92 Å². The molecule has 0 saturated heterocycles. The summed E-state index contributed by atoms with van der Waals surface area (Å²) in [6, 6.07) is 34.0. The summed E-state index contributed by atoms with van der Waals surface area (Å²) in [4.78, 5) is 50.2. The van der Waals surface area contributed by atoms with Gasteiger partial charge >= 0.3 is 5.63 Å². The van der Waals surface area contributed by atoms with Gasteiger partial charge < -0.3 is 15.1 Å². The van der Waals surface area contributed by atoms with Crippen molar-refractivity contribution in [2.75, 3.05) is 11.9 Å². The molecule has 0 bridgehead atoms. The van der Waals surface area contributed by atoms with Crippen molar-refractivity contribution < 1.29 is 14.0 Å². The number of amides is 2. The second kappa shape index (κ2) is 14.3. The molecule has 49 heavy (non-hydrogen) atoms. The molecule has 3 heterocycles. The zero-order valence-corrected chi connectivity index (χ0v) is 26.6. The van der Waals surface area contributed by atoms with Crippen LogP contribution >= 0.6 is 0 Å². The highest BCUT2D eigenvalue weighted by Crippen LogP contribution is 2.28. The van der Waals surface area contributed by atoms with Gasteiger partial charge in [0.1, 0.15) is 5.52 Å². The topological polar surface area (TPSA) is 127 Å². The lowest BCUT2D eigenvalue weighted by Gasteiger charge is -2.13. The van der Waals surface area contributed by atoms with Crippen LogP contribution in [0.25, 0.3) is 44.0 Å². The molecule has 9 heteroatoms. The molecular weight excluding hydrogens is 614 g/mol. The molecule has 1 aliphatic carbocycles. The van der Waals surface area contributed by atoms with E-state index in [0.29, 0.717) is 35.1 Å². The maximum Gasteiger partial charge on any atom is 0.365 e. The van der Waals surface area contributed by atoms with Crippen molar-refractivity contribution in [2.45, 2.75) is 25.7 Å². The number of pyridine rings is 2. The van der Waals surface area contributed by atoms with Crippen molar-refractivity contribution in [2.24, 2.45) is 5.92 Å². The highest BCUT2D eigenvalue weighted by atomic mass is 16.4. The minimum Gasteiger partial charge on any atom is -0.402 e. The molecule has 0 spiro atoms. The van der Waals surface area contributed by atoms with Crippen molar-refractivity contribution in [1.29, 1.82) is 0 Å². The number of nitrogens with zero attached hydrogens (tertiary/aromatic N) is 3. The van der Waals surface area contributed by atoms with Crippen LogP contribution in [0.15, 0.2) is 131 Å². The fourth-order valence-corrected chi connectivity index (χ4v) is 6.28. The first kappa shape index (κ1) is 31.4. The Balaban J connectivity index is 0.000000160. The van der Waals surface area contributed by atoms with E-state index < -0.39 is 5.63 Å². The molecular formula is C40H33N5O4. The largest absolute Gasteiger partial charge is 0.402 e. The van der Waals surface area contributed by atoms with E-state index in [1.807, 2.05) is 78.9 Å². The minimum atomic E-state index is -0.469. The number of nitrogens with one attached hydrogen (secondary N) is 2. The molecule has 0 aliphatic heterocycles. The van der Waals surface area contributed by atoms with Crippen molar-refractivity contribution >= 4 is 50.1 Å². The fourth-order valence-electron chi connectivity index (χ4n) is 6.28. The first-order valence-electron chi connectivity index (χ1n) is 16.3. The molecule has 1 fully saturated rings. The maximum absolute atomic E-state index is 12.9. The van der Waals surface area contributed by atoms with E-state index in [0.717, 1.165) is 39.9 Å². The molecule has 3 aromatic heterocycles. The van der Waals surface area contributed by atoms with Gasteiger partial charge in [-0.1, -0.05) is 85.6 Å². The highest BCUT2D eigenvalue weighted by Gasteiger charge is 2.20. The Morgan fingerprint density at radius 3 is 2.20 bits per heavy atom. The highest BCUT2D eigenvalue weighted by molar-refractivity contribution is 6.14. The Kier molecular flexibility index (Phi) is 9.14. The standard InChI is InChI=1S/C23H23N3O2.C17H10N2O2/c27-22(19-12-5-10-17-9-3-4-11-18(17)19)26-20-13-6-14-24-21(20)23(28)25-15-16-7-1-2-8-16;20-17-15-14(9-4-10-18-15)19-16(21-17)13-8-3-6-11-5-1-2-7-12(11)13/h3-6,9-14,16H,1-2,7-8,15H2,(H,25,28)(H,26,27);1-10H. The molecule has 9 nitrogen and oxygen atoms in total. The first-order valence-corrected chi connectivity index (χ1v) is 16.3. The van der Waals surface area contributed by atoms with E-state index in [1.165, 1.54) is 12.8 Å². The Morgan fingerprint density at radius 2 is 1.39 bits per heavy atom. The van der Waals surface area contributed by atoms with Gasteiger partial charge in [-0.3, -0.25) is 9.59 Å². The molecule has 2 N–H and O–H groups in total. The third-order valence-corrected chi connectivity index (χ3v) is 8.74. The molecule has 0 atom stereocenters. The molecule has 0 unspecified atom stereocenters. The SMILES string of the molecule is O=C(NCC1CCCC1)c1ncccc1NC(=O)c1cccc2ccccc12.O=c1oc(-c2cccc3ccccc23)nc2cccnc12. The number of carbonyl (C=O) groups excluding carboxylic acids is 2. The monoisotopic (exact) mass is 647 g/mol. The van der Waals surface area contributed by atoms with E-state index in [2.05, 4.69) is 25.6 Å². The molecule has 242 valence electrons. The summed E-state index contributed by atoms with van der Waals surface area (Å²) in [6.45, 7) is 0.659. The van der Waals surface area contributed by atoms with Crippen LogP contribution in [0.3, 0.4) is 0 Å². The van der Waals surface area contributed by atoms with Crippen LogP contribution in [-0.2, 0) is 0 Å². The average Bonchev–Trinajstić information content (AvgIpc) is 3.68. The van der Waals surface area contributed by atoms with E-state index in [9.17, 15) is 14.4 Å². The Hall–Kier alpha value is -6.22. The summed E-state index contributed by atoms with van der Waals surface area (Å²) in [5.41, 5.74) is 2.36. The third-order valence-electron chi connectivity index (χ3n) is 8.74. The van der Waals surface area contributed by atoms with Gasteiger partial charge in [0.25, 0.3) is 11.8 Å². The normalized spacial score (nSPS) is 12.8. The number of benzene rings is 4. The lowest BCUT2D eigenvalue weighted by Crippen LogP contribution is -2.30. The Morgan fingerprint density at radius 1 is 0.714 bits per heavy atom. The number of anilines is 1. The van der Waals surface area contributed by atoms with Crippen LogP contribution in [0.2, 0.25) is 0 Å². The van der Waals surface area contributed by atoms with Crippen molar-refractivity contribution in [3.05, 3.63) is 143 Å². The molecule has 4 aromatic carbocycles. The summed E-state index contributed by atoms with van der Waals surface area (Å²) in [6.07, 6.45) is 7.91. The zero-order chi connectivity index (χ0) is 33.6. The average molecular weight is 648 g/mol. The number of aromatic nitrogens is 3. The molecule has 1 aliphatic rings. The zero-order valence-electron chi connectivity index (χ0n) is 26.6. The molecule has 0 radical (unpaired) electrons. The van der Waals surface area contributed by atoms with E-state index in [1.54, 1.807) is 42.7 Å². The van der Waals surface area contributed by atoms with E-state index in [-0.39, 0.29) is 23.0 Å². The van der Waals surface area contributed by atoms with Gasteiger partial charge in [0.05, 0.1) is 5.69 Å². The van der Waals surface area contributed by atoms with E-state index in [4.69, 9.17) is 4.42 Å². The molecule has 2 amide bonds.